The van der Waals surface area contributed by atoms with Crippen LogP contribution in [0.5, 0.6) is 11.5 Å². The highest BCUT2D eigenvalue weighted by molar-refractivity contribution is 5.39. The molecule has 1 heterocycles. The molecule has 18 heavy (non-hydrogen) atoms. The smallest absolute Gasteiger partial charge is 0.127 e. The quantitative estimate of drug-likeness (QED) is 0.878. The molecule has 0 spiro atoms. The van der Waals surface area contributed by atoms with Crippen LogP contribution in [0.1, 0.15) is 31.2 Å². The number of quaternary nitrogens is 1. The standard InChI is InChI=1S/C15H23NO2/c1-17-14-7-8-15(18-2)13(11-14)12-16-9-5-3-4-6-10-16/h7-8,11H,3-6,9-10,12H2,1-2H3/p+1. The van der Waals surface area contributed by atoms with Crippen molar-refractivity contribution in [1.29, 1.82) is 0 Å². The molecule has 1 aliphatic heterocycles. The molecule has 0 aromatic heterocycles. The molecule has 1 fully saturated rings. The summed E-state index contributed by atoms with van der Waals surface area (Å²) in [6.07, 6.45) is 5.47. The second-order valence-electron chi connectivity index (χ2n) is 5.02. The third-order valence-corrected chi connectivity index (χ3v) is 3.74. The molecule has 0 atom stereocenters. The van der Waals surface area contributed by atoms with E-state index in [1.54, 1.807) is 19.1 Å². The molecule has 1 saturated heterocycles. The van der Waals surface area contributed by atoms with E-state index in [-0.39, 0.29) is 0 Å². The van der Waals surface area contributed by atoms with Crippen LogP contribution in [0, 0.1) is 0 Å². The Labute approximate surface area is 110 Å². The maximum atomic E-state index is 5.45. The van der Waals surface area contributed by atoms with E-state index in [4.69, 9.17) is 9.47 Å². The van der Waals surface area contributed by atoms with Crippen molar-refractivity contribution >= 4 is 0 Å². The van der Waals surface area contributed by atoms with E-state index in [0.717, 1.165) is 18.0 Å². The number of hydrogen-bond donors (Lipinski definition) is 1. The van der Waals surface area contributed by atoms with Crippen LogP contribution in [0.25, 0.3) is 0 Å². The fourth-order valence-electron chi connectivity index (χ4n) is 2.69. The van der Waals surface area contributed by atoms with Crippen LogP contribution in [0.15, 0.2) is 18.2 Å². The van der Waals surface area contributed by atoms with Crippen molar-refractivity contribution < 1.29 is 14.4 Å². The predicted octanol–water partition coefficient (Wildman–Crippen LogP) is 1.66. The van der Waals surface area contributed by atoms with E-state index in [2.05, 4.69) is 6.07 Å². The van der Waals surface area contributed by atoms with Gasteiger partial charge in [0.1, 0.15) is 18.0 Å². The maximum Gasteiger partial charge on any atom is 0.127 e. The number of hydrogen-bond acceptors (Lipinski definition) is 2. The normalized spacial score (nSPS) is 17.2. The van der Waals surface area contributed by atoms with Gasteiger partial charge in [-0.1, -0.05) is 0 Å². The zero-order valence-electron chi connectivity index (χ0n) is 11.5. The number of nitrogens with one attached hydrogen (secondary N) is 1. The van der Waals surface area contributed by atoms with Crippen LogP contribution in [-0.2, 0) is 6.54 Å². The van der Waals surface area contributed by atoms with Crippen molar-refractivity contribution in [3.8, 4) is 11.5 Å². The minimum absolute atomic E-state index is 0.917. The molecule has 1 N–H and O–H groups in total. The lowest BCUT2D eigenvalue weighted by Crippen LogP contribution is -3.10. The van der Waals surface area contributed by atoms with Gasteiger partial charge in [-0.05, 0) is 43.9 Å². The molecule has 100 valence electrons. The Balaban J connectivity index is 2.10. The molecule has 1 aliphatic rings. The van der Waals surface area contributed by atoms with Crippen molar-refractivity contribution in [3.05, 3.63) is 23.8 Å². The van der Waals surface area contributed by atoms with E-state index >= 15 is 0 Å². The molecule has 3 nitrogen and oxygen atoms in total. The van der Waals surface area contributed by atoms with E-state index in [9.17, 15) is 0 Å². The van der Waals surface area contributed by atoms with Gasteiger partial charge in [0.2, 0.25) is 0 Å². The fourth-order valence-corrected chi connectivity index (χ4v) is 2.69. The van der Waals surface area contributed by atoms with Gasteiger partial charge in [0.15, 0.2) is 0 Å². The van der Waals surface area contributed by atoms with Crippen molar-refractivity contribution in [2.24, 2.45) is 0 Å². The van der Waals surface area contributed by atoms with Gasteiger partial charge in [0, 0.05) is 0 Å². The molecular formula is C15H24NO2+. The Hall–Kier alpha value is -1.22. The van der Waals surface area contributed by atoms with E-state index < -0.39 is 0 Å². The molecule has 0 aliphatic carbocycles. The van der Waals surface area contributed by atoms with E-state index in [1.165, 1.54) is 44.3 Å². The summed E-state index contributed by atoms with van der Waals surface area (Å²) < 4.78 is 10.8. The van der Waals surface area contributed by atoms with Crippen molar-refractivity contribution in [2.75, 3.05) is 27.3 Å². The third-order valence-electron chi connectivity index (χ3n) is 3.74. The second kappa shape index (κ2) is 6.64. The highest BCUT2D eigenvalue weighted by Gasteiger charge is 2.15. The summed E-state index contributed by atoms with van der Waals surface area (Å²) in [7, 11) is 3.45. The maximum absolute atomic E-state index is 5.45. The molecule has 0 radical (unpaired) electrons. The van der Waals surface area contributed by atoms with Gasteiger partial charge < -0.3 is 14.4 Å². The van der Waals surface area contributed by atoms with E-state index in [0.29, 0.717) is 0 Å². The number of rotatable bonds is 4. The first-order chi connectivity index (χ1) is 8.83. The molecule has 1 aromatic carbocycles. The Morgan fingerprint density at radius 1 is 1.00 bits per heavy atom. The molecule has 1 aromatic rings. The summed E-state index contributed by atoms with van der Waals surface area (Å²) in [5.41, 5.74) is 1.26. The van der Waals surface area contributed by atoms with Gasteiger partial charge in [0.05, 0.1) is 32.9 Å². The molecule has 0 bridgehead atoms. The summed E-state index contributed by atoms with van der Waals surface area (Å²) >= 11 is 0. The Kier molecular flexibility index (Phi) is 4.88. The van der Waals surface area contributed by atoms with Crippen LogP contribution in [0.4, 0.5) is 0 Å². The summed E-state index contributed by atoms with van der Waals surface area (Å²) in [5.74, 6) is 1.90. The van der Waals surface area contributed by atoms with Crippen molar-refractivity contribution in [2.45, 2.75) is 32.2 Å². The molecular weight excluding hydrogens is 226 g/mol. The topological polar surface area (TPSA) is 22.9 Å². The first-order valence-corrected chi connectivity index (χ1v) is 6.88. The highest BCUT2D eigenvalue weighted by Crippen LogP contribution is 2.23. The van der Waals surface area contributed by atoms with Crippen LogP contribution < -0.4 is 14.4 Å². The fraction of sp³-hybridized carbons (Fsp3) is 0.600. The van der Waals surface area contributed by atoms with Gasteiger partial charge in [-0.2, -0.15) is 0 Å². The Morgan fingerprint density at radius 2 is 1.72 bits per heavy atom. The average Bonchev–Trinajstić information content (AvgIpc) is 2.67. The van der Waals surface area contributed by atoms with Crippen LogP contribution in [0.3, 0.4) is 0 Å². The number of likely N-dealkylation sites (tertiary alicyclic amines) is 1. The lowest BCUT2D eigenvalue weighted by molar-refractivity contribution is -0.913. The van der Waals surface area contributed by atoms with Crippen molar-refractivity contribution in [1.82, 2.24) is 0 Å². The summed E-state index contributed by atoms with van der Waals surface area (Å²) in [6.45, 7) is 3.60. The SMILES string of the molecule is COc1ccc(OC)c(C[NH+]2CCCCCC2)c1. The lowest BCUT2D eigenvalue weighted by atomic mass is 10.1. The first-order valence-electron chi connectivity index (χ1n) is 6.88. The number of methoxy groups -OCH3 is 2. The number of benzene rings is 1. The zero-order chi connectivity index (χ0) is 12.8. The summed E-state index contributed by atoms with van der Waals surface area (Å²) in [6, 6.07) is 6.07. The predicted molar refractivity (Wildman–Crippen MR) is 72.4 cm³/mol. The van der Waals surface area contributed by atoms with Gasteiger partial charge in [-0.3, -0.25) is 0 Å². The minimum atomic E-state index is 0.917. The Morgan fingerprint density at radius 3 is 2.33 bits per heavy atom. The van der Waals surface area contributed by atoms with Gasteiger partial charge in [0.25, 0.3) is 0 Å². The van der Waals surface area contributed by atoms with Crippen LogP contribution in [0.2, 0.25) is 0 Å². The summed E-state index contributed by atoms with van der Waals surface area (Å²) in [5, 5.41) is 0. The lowest BCUT2D eigenvalue weighted by Gasteiger charge is -2.19. The van der Waals surface area contributed by atoms with Crippen molar-refractivity contribution in [3.63, 3.8) is 0 Å². The van der Waals surface area contributed by atoms with Gasteiger partial charge >= 0.3 is 0 Å². The molecule has 0 unspecified atom stereocenters. The largest absolute Gasteiger partial charge is 0.497 e. The van der Waals surface area contributed by atoms with Gasteiger partial charge in [-0.25, -0.2) is 0 Å². The number of ether oxygens (including phenoxy) is 2. The van der Waals surface area contributed by atoms with E-state index in [1.807, 2.05) is 12.1 Å². The van der Waals surface area contributed by atoms with Crippen LogP contribution in [-0.4, -0.2) is 27.3 Å². The molecule has 0 amide bonds. The highest BCUT2D eigenvalue weighted by atomic mass is 16.5. The molecule has 2 rings (SSSR count). The Bertz CT molecular complexity index is 371. The third kappa shape index (κ3) is 3.39. The minimum Gasteiger partial charge on any atom is -0.497 e. The molecule has 3 heteroatoms. The van der Waals surface area contributed by atoms with Gasteiger partial charge in [-0.15, -0.1) is 0 Å². The molecule has 0 saturated carbocycles. The first kappa shape index (κ1) is 13.2. The zero-order valence-corrected chi connectivity index (χ0v) is 11.5. The summed E-state index contributed by atoms with van der Waals surface area (Å²) in [4.78, 5) is 1.67. The monoisotopic (exact) mass is 250 g/mol. The second-order valence-corrected chi connectivity index (χ2v) is 5.02. The van der Waals surface area contributed by atoms with Crippen LogP contribution >= 0.6 is 0 Å². The average molecular weight is 250 g/mol.